The number of hydrogen-bond acceptors (Lipinski definition) is 7. The molecule has 0 radical (unpaired) electrons. The van der Waals surface area contributed by atoms with E-state index < -0.39 is 17.2 Å². The summed E-state index contributed by atoms with van der Waals surface area (Å²) in [5.74, 6) is -0.214. The Kier molecular flexibility index (Phi) is 7.75. The first-order valence-electron chi connectivity index (χ1n) is 11.7. The molecule has 0 atom stereocenters. The molecular weight excluding hydrogens is 508 g/mol. The van der Waals surface area contributed by atoms with Crippen molar-refractivity contribution >= 4 is 23.2 Å². The average molecular weight is 535 g/mol. The van der Waals surface area contributed by atoms with Crippen LogP contribution in [-0.4, -0.2) is 39.2 Å². The lowest BCUT2D eigenvalue weighted by Gasteiger charge is -2.16. The van der Waals surface area contributed by atoms with Gasteiger partial charge >= 0.3 is 5.69 Å². The van der Waals surface area contributed by atoms with Crippen LogP contribution in [0.2, 0.25) is 5.02 Å². The molecule has 38 heavy (non-hydrogen) atoms. The minimum atomic E-state index is -0.674. The third-order valence-electron chi connectivity index (χ3n) is 6.19. The van der Waals surface area contributed by atoms with Crippen LogP contribution in [0.4, 0.5) is 5.69 Å². The molecule has 10 nitrogen and oxygen atoms in total. The van der Waals surface area contributed by atoms with E-state index >= 15 is 0 Å². The summed E-state index contributed by atoms with van der Waals surface area (Å²) in [5.41, 5.74) is 3.34. The van der Waals surface area contributed by atoms with Gasteiger partial charge in [-0.2, -0.15) is 0 Å². The maximum Gasteiger partial charge on any atom is 0.330 e. The lowest BCUT2D eigenvalue weighted by atomic mass is 9.96. The summed E-state index contributed by atoms with van der Waals surface area (Å²) in [6, 6.07) is 11.0. The van der Waals surface area contributed by atoms with Crippen molar-refractivity contribution in [3.8, 4) is 28.3 Å². The van der Waals surface area contributed by atoms with Crippen LogP contribution in [0.5, 0.6) is 5.88 Å². The lowest BCUT2D eigenvalue weighted by molar-refractivity contribution is 0.102. The van der Waals surface area contributed by atoms with Crippen LogP contribution in [0.25, 0.3) is 22.4 Å². The molecule has 2 aromatic heterocycles. The molecule has 2 aromatic carbocycles. The van der Waals surface area contributed by atoms with Crippen LogP contribution in [-0.2, 0) is 20.6 Å². The predicted molar refractivity (Wildman–Crippen MR) is 147 cm³/mol. The standard InChI is InChI=1S/C27H27ClN6O4/c1-15-16(8-7-11-20(15)31-24(35)19-14-33(3)27(37)34(4)26(19)36)17-9-6-10-18(23(17)28)21-13-30-22(12-29-2)25(32-21)38-5/h6-11,13-14,29H,12H2,1-5H3,(H,31,35). The topological polar surface area (TPSA) is 120 Å². The maximum atomic E-state index is 13.0. The number of benzene rings is 2. The number of hydrogen-bond donors (Lipinski definition) is 2. The molecule has 0 fully saturated rings. The molecule has 0 aliphatic carbocycles. The van der Waals surface area contributed by atoms with Gasteiger partial charge < -0.3 is 19.9 Å². The van der Waals surface area contributed by atoms with E-state index in [9.17, 15) is 14.4 Å². The molecule has 0 saturated carbocycles. The van der Waals surface area contributed by atoms with Crippen molar-refractivity contribution in [2.24, 2.45) is 14.1 Å². The van der Waals surface area contributed by atoms with E-state index in [-0.39, 0.29) is 5.56 Å². The van der Waals surface area contributed by atoms with Gasteiger partial charge in [0.25, 0.3) is 11.5 Å². The first-order valence-corrected chi connectivity index (χ1v) is 12.1. The zero-order valence-corrected chi connectivity index (χ0v) is 22.4. The molecule has 0 bridgehead atoms. The first kappa shape index (κ1) is 26.8. The quantitative estimate of drug-likeness (QED) is 0.373. The van der Waals surface area contributed by atoms with Crippen molar-refractivity contribution in [3.05, 3.63) is 91.5 Å². The second-order valence-electron chi connectivity index (χ2n) is 8.64. The Hall–Kier alpha value is -4.28. The van der Waals surface area contributed by atoms with E-state index in [0.29, 0.717) is 40.1 Å². The highest BCUT2D eigenvalue weighted by atomic mass is 35.5. The molecule has 2 heterocycles. The highest BCUT2D eigenvalue weighted by Gasteiger charge is 2.19. The Morgan fingerprint density at radius 3 is 2.47 bits per heavy atom. The molecule has 11 heteroatoms. The van der Waals surface area contributed by atoms with Gasteiger partial charge in [0.1, 0.15) is 11.3 Å². The number of carbonyl (C=O) groups is 1. The smallest absolute Gasteiger partial charge is 0.330 e. The van der Waals surface area contributed by atoms with Crippen molar-refractivity contribution in [1.82, 2.24) is 24.4 Å². The SMILES string of the molecule is CNCc1ncc(-c2cccc(-c3cccc(NC(=O)c4cn(C)c(=O)n(C)c4=O)c3C)c2Cl)nc1OC. The van der Waals surface area contributed by atoms with Gasteiger partial charge in [0.05, 0.1) is 24.0 Å². The fraction of sp³-hybridized carbons (Fsp3) is 0.222. The number of amides is 1. The zero-order chi connectivity index (χ0) is 27.6. The van der Waals surface area contributed by atoms with E-state index in [1.54, 1.807) is 25.4 Å². The third kappa shape index (κ3) is 4.96. The minimum Gasteiger partial charge on any atom is -0.480 e. The van der Waals surface area contributed by atoms with Crippen LogP contribution >= 0.6 is 11.6 Å². The number of anilines is 1. The summed E-state index contributed by atoms with van der Waals surface area (Å²) < 4.78 is 7.50. The largest absolute Gasteiger partial charge is 0.480 e. The minimum absolute atomic E-state index is 0.145. The number of rotatable bonds is 7. The normalized spacial score (nSPS) is 10.9. The van der Waals surface area contributed by atoms with Crippen LogP contribution in [0.1, 0.15) is 21.6 Å². The molecule has 4 aromatic rings. The first-order chi connectivity index (χ1) is 18.2. The Morgan fingerprint density at radius 1 is 1.08 bits per heavy atom. The molecule has 196 valence electrons. The number of aryl methyl sites for hydroxylation is 1. The highest BCUT2D eigenvalue weighted by Crippen LogP contribution is 2.39. The van der Waals surface area contributed by atoms with Gasteiger partial charge in [-0.15, -0.1) is 0 Å². The van der Waals surface area contributed by atoms with Crippen molar-refractivity contribution in [1.29, 1.82) is 0 Å². The molecule has 0 saturated heterocycles. The Labute approximate surface area is 223 Å². The molecule has 1 amide bonds. The Morgan fingerprint density at radius 2 is 1.76 bits per heavy atom. The van der Waals surface area contributed by atoms with Crippen molar-refractivity contribution in [2.75, 3.05) is 19.5 Å². The summed E-state index contributed by atoms with van der Waals surface area (Å²) in [5, 5.41) is 6.29. The number of methoxy groups -OCH3 is 1. The van der Waals surface area contributed by atoms with Crippen molar-refractivity contribution < 1.29 is 9.53 Å². The molecule has 4 rings (SSSR count). The van der Waals surface area contributed by atoms with E-state index in [4.69, 9.17) is 16.3 Å². The highest BCUT2D eigenvalue weighted by molar-refractivity contribution is 6.36. The summed E-state index contributed by atoms with van der Waals surface area (Å²) in [6.07, 6.45) is 2.88. The second kappa shape index (κ2) is 11.0. The van der Waals surface area contributed by atoms with E-state index in [1.165, 1.54) is 24.9 Å². The van der Waals surface area contributed by atoms with Gasteiger partial charge in [-0.25, -0.2) is 9.78 Å². The average Bonchev–Trinajstić information content (AvgIpc) is 2.91. The summed E-state index contributed by atoms with van der Waals surface area (Å²) in [7, 11) is 6.17. The van der Waals surface area contributed by atoms with Crippen LogP contribution in [0.15, 0.2) is 58.4 Å². The van der Waals surface area contributed by atoms with Gasteiger partial charge in [0.2, 0.25) is 5.88 Å². The van der Waals surface area contributed by atoms with Crippen molar-refractivity contribution in [3.63, 3.8) is 0 Å². The number of ether oxygens (including phenoxy) is 1. The fourth-order valence-electron chi connectivity index (χ4n) is 4.13. The number of halogens is 1. The number of nitrogens with zero attached hydrogens (tertiary/aromatic N) is 4. The summed E-state index contributed by atoms with van der Waals surface area (Å²) in [6.45, 7) is 2.36. The molecule has 0 aliphatic heterocycles. The molecular formula is C27H27ClN6O4. The van der Waals surface area contributed by atoms with E-state index in [0.717, 1.165) is 21.3 Å². The van der Waals surface area contributed by atoms with Gasteiger partial charge in [0, 0.05) is 43.7 Å². The molecule has 0 unspecified atom stereocenters. The predicted octanol–water partition coefficient (Wildman–Crippen LogP) is 3.15. The Balaban J connectivity index is 1.73. The van der Waals surface area contributed by atoms with E-state index in [1.807, 2.05) is 38.2 Å². The number of nitrogens with one attached hydrogen (secondary N) is 2. The summed E-state index contributed by atoms with van der Waals surface area (Å²) >= 11 is 6.89. The number of carbonyl (C=O) groups excluding carboxylic acids is 1. The van der Waals surface area contributed by atoms with Gasteiger partial charge in [-0.05, 0) is 31.2 Å². The van der Waals surface area contributed by atoms with Crippen LogP contribution < -0.4 is 26.6 Å². The summed E-state index contributed by atoms with van der Waals surface area (Å²) in [4.78, 5) is 46.6. The van der Waals surface area contributed by atoms with E-state index in [2.05, 4.69) is 20.6 Å². The lowest BCUT2D eigenvalue weighted by Crippen LogP contribution is -2.40. The van der Waals surface area contributed by atoms with Crippen LogP contribution in [0, 0.1) is 6.92 Å². The third-order valence-corrected chi connectivity index (χ3v) is 6.59. The monoisotopic (exact) mass is 534 g/mol. The maximum absolute atomic E-state index is 13.0. The molecule has 0 aliphatic rings. The Bertz CT molecular complexity index is 1660. The van der Waals surface area contributed by atoms with Crippen molar-refractivity contribution in [2.45, 2.75) is 13.5 Å². The molecule has 2 N–H and O–H groups in total. The zero-order valence-electron chi connectivity index (χ0n) is 21.6. The van der Waals surface area contributed by atoms with Gasteiger partial charge in [-0.3, -0.25) is 19.1 Å². The molecule has 0 spiro atoms. The van der Waals surface area contributed by atoms with Crippen LogP contribution in [0.3, 0.4) is 0 Å². The van der Waals surface area contributed by atoms with Gasteiger partial charge in [0.15, 0.2) is 0 Å². The second-order valence-corrected chi connectivity index (χ2v) is 9.02. The fourth-order valence-corrected chi connectivity index (χ4v) is 4.46. The van der Waals surface area contributed by atoms with Gasteiger partial charge in [-0.1, -0.05) is 41.9 Å². The number of aromatic nitrogens is 4.